The Morgan fingerprint density at radius 1 is 1.82 bits per heavy atom. The maximum Gasteiger partial charge on any atom is 0.153 e. The van der Waals surface area contributed by atoms with Gasteiger partial charge in [0.25, 0.3) is 0 Å². The van der Waals surface area contributed by atoms with E-state index in [1.54, 1.807) is 10.9 Å². The van der Waals surface area contributed by atoms with Gasteiger partial charge in [-0.15, -0.1) is 0 Å². The van der Waals surface area contributed by atoms with Crippen LogP contribution in [-0.2, 0) is 11.5 Å². The molecule has 0 radical (unpaired) electrons. The lowest BCUT2D eigenvalue weighted by Gasteiger charge is -1.98. The number of carbonyl (C=O) groups is 1. The molecular weight excluding hydrogens is 144 g/mol. The van der Waals surface area contributed by atoms with Gasteiger partial charge in [-0.25, -0.2) is 4.68 Å². The molecule has 0 aliphatic rings. The van der Waals surface area contributed by atoms with Crippen LogP contribution in [0.25, 0.3) is 0 Å². The molecule has 1 aromatic heterocycles. The zero-order valence-corrected chi connectivity index (χ0v) is 6.36. The molecule has 11 heavy (non-hydrogen) atoms. The number of aldehydes is 1. The lowest BCUT2D eigenvalue weighted by molar-refractivity contribution is 0.0791. The second-order valence-electron chi connectivity index (χ2n) is 2.05. The van der Waals surface area contributed by atoms with E-state index in [9.17, 15) is 4.79 Å². The van der Waals surface area contributed by atoms with Crippen LogP contribution in [0.1, 0.15) is 17.3 Å². The predicted octanol–water partition coefficient (Wildman–Crippen LogP) is 0.690. The first-order chi connectivity index (χ1) is 5.36. The van der Waals surface area contributed by atoms with Crippen LogP contribution in [0.2, 0.25) is 0 Å². The normalized spacial score (nSPS) is 9.91. The Kier molecular flexibility index (Phi) is 2.80. The first kappa shape index (κ1) is 7.94. The average molecular weight is 154 g/mol. The van der Waals surface area contributed by atoms with Crippen LogP contribution in [0.4, 0.5) is 0 Å². The van der Waals surface area contributed by atoms with E-state index in [2.05, 4.69) is 5.10 Å². The molecule has 0 aromatic carbocycles. The topological polar surface area (TPSA) is 44.1 Å². The number of rotatable bonds is 4. The SMILES string of the molecule is CCOCn1cc(C=O)cn1. The van der Waals surface area contributed by atoms with Crippen LogP contribution in [-0.4, -0.2) is 22.7 Å². The molecule has 1 rings (SSSR count). The van der Waals surface area contributed by atoms with E-state index in [4.69, 9.17) is 4.74 Å². The Hall–Kier alpha value is -1.16. The summed E-state index contributed by atoms with van der Waals surface area (Å²) in [4.78, 5) is 10.2. The number of carbonyl (C=O) groups excluding carboxylic acids is 1. The van der Waals surface area contributed by atoms with Gasteiger partial charge in [-0.1, -0.05) is 0 Å². The number of ether oxygens (including phenoxy) is 1. The zero-order valence-electron chi connectivity index (χ0n) is 6.36. The van der Waals surface area contributed by atoms with E-state index >= 15 is 0 Å². The molecule has 0 bridgehead atoms. The Bertz CT molecular complexity index is 232. The van der Waals surface area contributed by atoms with Gasteiger partial charge in [-0.3, -0.25) is 4.79 Å². The average Bonchev–Trinajstić information content (AvgIpc) is 2.48. The molecule has 0 N–H and O–H groups in total. The molecule has 0 aliphatic carbocycles. The van der Waals surface area contributed by atoms with Crippen LogP contribution < -0.4 is 0 Å². The summed E-state index contributed by atoms with van der Waals surface area (Å²) in [6.45, 7) is 2.96. The van der Waals surface area contributed by atoms with Crippen LogP contribution >= 0.6 is 0 Å². The van der Waals surface area contributed by atoms with Gasteiger partial charge in [0.15, 0.2) is 6.29 Å². The fourth-order valence-corrected chi connectivity index (χ4v) is 0.696. The summed E-state index contributed by atoms with van der Waals surface area (Å²) in [5.41, 5.74) is 0.574. The third-order valence-corrected chi connectivity index (χ3v) is 1.22. The molecular formula is C7H10N2O2. The fourth-order valence-electron chi connectivity index (χ4n) is 0.696. The third kappa shape index (κ3) is 2.16. The van der Waals surface area contributed by atoms with E-state index in [1.165, 1.54) is 6.20 Å². The molecule has 0 unspecified atom stereocenters. The van der Waals surface area contributed by atoms with Crippen molar-refractivity contribution in [2.75, 3.05) is 6.61 Å². The van der Waals surface area contributed by atoms with E-state index in [0.29, 0.717) is 18.9 Å². The van der Waals surface area contributed by atoms with Crippen molar-refractivity contribution in [3.63, 3.8) is 0 Å². The van der Waals surface area contributed by atoms with Crippen molar-refractivity contribution >= 4 is 6.29 Å². The van der Waals surface area contributed by atoms with Crippen LogP contribution in [0.15, 0.2) is 12.4 Å². The zero-order chi connectivity index (χ0) is 8.10. The number of hydrogen-bond acceptors (Lipinski definition) is 3. The predicted molar refractivity (Wildman–Crippen MR) is 39.2 cm³/mol. The van der Waals surface area contributed by atoms with Crippen molar-refractivity contribution in [1.29, 1.82) is 0 Å². The van der Waals surface area contributed by atoms with E-state index < -0.39 is 0 Å². The second kappa shape index (κ2) is 3.88. The number of aromatic nitrogens is 2. The summed E-state index contributed by atoms with van der Waals surface area (Å²) < 4.78 is 6.64. The van der Waals surface area contributed by atoms with Crippen LogP contribution in [0.5, 0.6) is 0 Å². The molecule has 4 nitrogen and oxygen atoms in total. The van der Waals surface area contributed by atoms with Crippen molar-refractivity contribution in [3.05, 3.63) is 18.0 Å². The number of nitrogens with zero attached hydrogens (tertiary/aromatic N) is 2. The van der Waals surface area contributed by atoms with E-state index in [0.717, 1.165) is 6.29 Å². The highest BCUT2D eigenvalue weighted by Crippen LogP contribution is 1.92. The molecule has 1 aromatic rings. The van der Waals surface area contributed by atoms with Gasteiger partial charge in [0, 0.05) is 12.8 Å². The lowest BCUT2D eigenvalue weighted by Crippen LogP contribution is -2.01. The summed E-state index contributed by atoms with van der Waals surface area (Å²) >= 11 is 0. The summed E-state index contributed by atoms with van der Waals surface area (Å²) in [7, 11) is 0. The first-order valence-corrected chi connectivity index (χ1v) is 3.42. The molecule has 4 heteroatoms. The standard InChI is InChI=1S/C7H10N2O2/c1-2-11-6-9-4-7(5-10)3-8-9/h3-5H,2,6H2,1H3. The van der Waals surface area contributed by atoms with Gasteiger partial charge in [-0.05, 0) is 6.92 Å². The van der Waals surface area contributed by atoms with Gasteiger partial charge < -0.3 is 4.74 Å². The van der Waals surface area contributed by atoms with E-state index in [1.807, 2.05) is 6.92 Å². The quantitative estimate of drug-likeness (QED) is 0.599. The largest absolute Gasteiger partial charge is 0.360 e. The van der Waals surface area contributed by atoms with E-state index in [-0.39, 0.29) is 0 Å². The van der Waals surface area contributed by atoms with Crippen molar-refractivity contribution in [2.24, 2.45) is 0 Å². The smallest absolute Gasteiger partial charge is 0.153 e. The van der Waals surface area contributed by atoms with Gasteiger partial charge in [-0.2, -0.15) is 5.10 Å². The minimum atomic E-state index is 0.407. The Balaban J connectivity index is 2.51. The summed E-state index contributed by atoms with van der Waals surface area (Å²) in [5, 5.41) is 3.88. The van der Waals surface area contributed by atoms with Crippen molar-refractivity contribution in [3.8, 4) is 0 Å². The summed E-state index contributed by atoms with van der Waals surface area (Å²) in [6, 6.07) is 0. The van der Waals surface area contributed by atoms with Crippen molar-refractivity contribution < 1.29 is 9.53 Å². The van der Waals surface area contributed by atoms with Crippen LogP contribution in [0, 0.1) is 0 Å². The first-order valence-electron chi connectivity index (χ1n) is 3.42. The maximum atomic E-state index is 10.2. The molecule has 60 valence electrons. The van der Waals surface area contributed by atoms with Gasteiger partial charge in [0.05, 0.1) is 11.8 Å². The van der Waals surface area contributed by atoms with Gasteiger partial charge in [0.2, 0.25) is 0 Å². The second-order valence-corrected chi connectivity index (χ2v) is 2.05. The Morgan fingerprint density at radius 2 is 2.64 bits per heavy atom. The summed E-state index contributed by atoms with van der Waals surface area (Å²) in [6.07, 6.45) is 3.91. The highest BCUT2D eigenvalue weighted by atomic mass is 16.5. The molecule has 1 heterocycles. The molecule has 0 amide bonds. The van der Waals surface area contributed by atoms with Gasteiger partial charge >= 0.3 is 0 Å². The highest BCUT2D eigenvalue weighted by Gasteiger charge is 1.94. The molecule has 0 fully saturated rings. The molecule has 0 saturated carbocycles. The number of hydrogen-bond donors (Lipinski definition) is 0. The summed E-state index contributed by atoms with van der Waals surface area (Å²) in [5.74, 6) is 0. The maximum absolute atomic E-state index is 10.2. The highest BCUT2D eigenvalue weighted by molar-refractivity contribution is 5.73. The minimum Gasteiger partial charge on any atom is -0.360 e. The third-order valence-electron chi connectivity index (χ3n) is 1.22. The molecule has 0 saturated heterocycles. The molecule has 0 spiro atoms. The van der Waals surface area contributed by atoms with Crippen molar-refractivity contribution in [2.45, 2.75) is 13.7 Å². The van der Waals surface area contributed by atoms with Crippen LogP contribution in [0.3, 0.4) is 0 Å². The monoisotopic (exact) mass is 154 g/mol. The van der Waals surface area contributed by atoms with Crippen molar-refractivity contribution in [1.82, 2.24) is 9.78 Å². The molecule has 0 atom stereocenters. The Morgan fingerprint density at radius 3 is 3.18 bits per heavy atom. The molecule has 0 aliphatic heterocycles. The fraction of sp³-hybridized carbons (Fsp3) is 0.429. The van der Waals surface area contributed by atoms with Gasteiger partial charge in [0.1, 0.15) is 6.73 Å². The lowest BCUT2D eigenvalue weighted by atomic mass is 10.4. The minimum absolute atomic E-state index is 0.407. The Labute approximate surface area is 64.8 Å².